The molecule has 1 N–H and O–H groups in total. The number of rotatable bonds is 7. The maximum Gasteiger partial charge on any atom is 0.466 e. The molecule has 0 heterocycles. The van der Waals surface area contributed by atoms with Crippen LogP contribution in [0.4, 0.5) is 8.78 Å². The molecule has 1 rings (SSSR count). The lowest BCUT2D eigenvalue weighted by molar-refractivity contribution is -0.151. The highest BCUT2D eigenvalue weighted by Crippen LogP contribution is 2.36. The van der Waals surface area contributed by atoms with Gasteiger partial charge in [0, 0.05) is 5.57 Å². The van der Waals surface area contributed by atoms with Gasteiger partial charge in [0.15, 0.2) is 11.5 Å². The fourth-order valence-electron chi connectivity index (χ4n) is 1.49. The summed E-state index contributed by atoms with van der Waals surface area (Å²) >= 11 is 1.62. The number of esters is 2. The number of alkyl halides is 2. The smallest absolute Gasteiger partial charge is 0.466 e. The largest absolute Gasteiger partial charge is 0.493 e. The van der Waals surface area contributed by atoms with E-state index in [-0.39, 0.29) is 21.5 Å². The molecule has 12 heteroatoms. The van der Waals surface area contributed by atoms with E-state index in [0.717, 1.165) is 7.11 Å². The van der Waals surface area contributed by atoms with Crippen LogP contribution in [0.25, 0.3) is 0 Å². The lowest BCUT2D eigenvalue weighted by Crippen LogP contribution is -2.40. The molecule has 26 heavy (non-hydrogen) atoms. The predicted molar refractivity (Wildman–Crippen MR) is 92.5 cm³/mol. The summed E-state index contributed by atoms with van der Waals surface area (Å²) in [6, 6.07) is 2.57. The van der Waals surface area contributed by atoms with E-state index in [9.17, 15) is 26.8 Å². The average molecular weight is 506 g/mol. The van der Waals surface area contributed by atoms with Gasteiger partial charge in [-0.05, 0) is 47.2 Å². The molecule has 144 valence electrons. The molecule has 0 atom stereocenters. The first kappa shape index (κ1) is 22.2. The highest BCUT2D eigenvalue weighted by atomic mass is 127. The molecular formula is C14H13F2IO8S. The number of methoxy groups -OCH3 is 1. The molecule has 0 spiro atoms. The second-order valence-corrected chi connectivity index (χ2v) is 7.47. The maximum atomic E-state index is 13.3. The van der Waals surface area contributed by atoms with Gasteiger partial charge in [0.25, 0.3) is 0 Å². The van der Waals surface area contributed by atoms with Crippen LogP contribution in [0.5, 0.6) is 11.5 Å². The third-order valence-corrected chi connectivity index (χ3v) is 4.38. The zero-order chi connectivity index (χ0) is 20.3. The van der Waals surface area contributed by atoms with Gasteiger partial charge in [0.05, 0.1) is 10.7 Å². The van der Waals surface area contributed by atoms with E-state index in [2.05, 4.69) is 11.3 Å². The van der Waals surface area contributed by atoms with Crippen molar-refractivity contribution in [3.63, 3.8) is 0 Å². The number of halogens is 3. The fourth-order valence-corrected chi connectivity index (χ4v) is 2.51. The van der Waals surface area contributed by atoms with Gasteiger partial charge in [-0.15, -0.1) is 0 Å². The second-order valence-electron chi connectivity index (χ2n) is 4.85. The van der Waals surface area contributed by atoms with E-state index in [4.69, 9.17) is 14.0 Å². The highest BCUT2D eigenvalue weighted by molar-refractivity contribution is 14.1. The molecule has 0 saturated carbocycles. The van der Waals surface area contributed by atoms with E-state index in [1.54, 1.807) is 22.6 Å². The SMILES string of the molecule is C=C(C)C(=O)OCc1cc(I)c(OC(=O)C(F)(F)S(=O)(=O)O)c(OC)c1. The predicted octanol–water partition coefficient (Wildman–Crippen LogP) is 2.31. The van der Waals surface area contributed by atoms with Crippen molar-refractivity contribution in [2.24, 2.45) is 0 Å². The van der Waals surface area contributed by atoms with Gasteiger partial charge in [-0.25, -0.2) is 9.59 Å². The van der Waals surface area contributed by atoms with Crippen molar-refractivity contribution in [1.29, 1.82) is 0 Å². The van der Waals surface area contributed by atoms with Gasteiger partial charge in [0.2, 0.25) is 0 Å². The minimum Gasteiger partial charge on any atom is -0.493 e. The Balaban J connectivity index is 3.13. The van der Waals surface area contributed by atoms with E-state index >= 15 is 0 Å². The van der Waals surface area contributed by atoms with Crippen LogP contribution in [0.15, 0.2) is 24.3 Å². The van der Waals surface area contributed by atoms with Crippen LogP contribution in [-0.2, 0) is 31.1 Å². The molecule has 0 aliphatic heterocycles. The Morgan fingerprint density at radius 1 is 1.35 bits per heavy atom. The number of hydrogen-bond acceptors (Lipinski definition) is 7. The molecule has 0 radical (unpaired) electrons. The summed E-state index contributed by atoms with van der Waals surface area (Å²) in [6.45, 7) is 4.66. The first-order valence-electron chi connectivity index (χ1n) is 6.57. The van der Waals surface area contributed by atoms with Crippen molar-refractivity contribution in [2.45, 2.75) is 18.8 Å². The standard InChI is InChI=1S/C14H13F2IO8S/c1-7(2)12(18)24-6-8-4-9(17)11(10(5-8)23-3)25-13(19)14(15,16)26(20,21)22/h4-5H,1,6H2,2-3H3,(H,20,21,22). The summed E-state index contributed by atoms with van der Waals surface area (Å²) in [6.07, 6.45) is 0. The zero-order valence-corrected chi connectivity index (χ0v) is 16.4. The van der Waals surface area contributed by atoms with E-state index in [1.165, 1.54) is 19.1 Å². The minimum atomic E-state index is -6.01. The molecule has 0 unspecified atom stereocenters. The van der Waals surface area contributed by atoms with Crippen molar-refractivity contribution in [1.82, 2.24) is 0 Å². The first-order chi connectivity index (χ1) is 11.8. The van der Waals surface area contributed by atoms with Crippen molar-refractivity contribution in [3.8, 4) is 11.5 Å². The second kappa shape index (κ2) is 8.26. The molecule has 0 saturated heterocycles. The minimum absolute atomic E-state index is 0.0859. The topological polar surface area (TPSA) is 116 Å². The Kier molecular flexibility index (Phi) is 7.07. The van der Waals surface area contributed by atoms with Crippen LogP contribution in [0.3, 0.4) is 0 Å². The summed E-state index contributed by atoms with van der Waals surface area (Å²) in [4.78, 5) is 22.8. The van der Waals surface area contributed by atoms with Gasteiger partial charge in [-0.3, -0.25) is 4.55 Å². The number of benzene rings is 1. The number of hydrogen-bond donors (Lipinski definition) is 1. The van der Waals surface area contributed by atoms with Crippen molar-refractivity contribution in [3.05, 3.63) is 33.4 Å². The molecular weight excluding hydrogens is 493 g/mol. The average Bonchev–Trinajstić information content (AvgIpc) is 2.52. The Labute approximate surface area is 161 Å². The first-order valence-corrected chi connectivity index (χ1v) is 9.09. The summed E-state index contributed by atoms with van der Waals surface area (Å²) < 4.78 is 70.6. The third-order valence-electron chi connectivity index (χ3n) is 2.76. The monoisotopic (exact) mass is 506 g/mol. The number of carbonyl (C=O) groups is 2. The summed E-state index contributed by atoms with van der Waals surface area (Å²) in [7, 11) is -4.86. The van der Waals surface area contributed by atoms with Crippen LogP contribution in [0, 0.1) is 3.57 Å². The number of carbonyl (C=O) groups excluding carboxylic acids is 2. The Hall–Kier alpha value is -1.80. The van der Waals surface area contributed by atoms with E-state index < -0.39 is 33.1 Å². The molecule has 0 bridgehead atoms. The molecule has 1 aromatic rings. The molecule has 0 aliphatic rings. The molecule has 0 aliphatic carbocycles. The Morgan fingerprint density at radius 2 is 1.92 bits per heavy atom. The van der Waals surface area contributed by atoms with Crippen molar-refractivity contribution < 1.29 is 45.6 Å². The molecule has 8 nitrogen and oxygen atoms in total. The summed E-state index contributed by atoms with van der Waals surface area (Å²) in [5, 5.41) is -5.16. The Bertz CT molecular complexity index is 851. The fraction of sp³-hybridized carbons (Fsp3) is 0.286. The van der Waals surface area contributed by atoms with Crippen LogP contribution in [-0.4, -0.2) is 37.3 Å². The van der Waals surface area contributed by atoms with Gasteiger partial charge in [-0.1, -0.05) is 6.58 Å². The molecule has 0 fully saturated rings. The van der Waals surface area contributed by atoms with Crippen LogP contribution in [0.1, 0.15) is 12.5 Å². The van der Waals surface area contributed by atoms with Gasteiger partial charge < -0.3 is 14.2 Å². The van der Waals surface area contributed by atoms with E-state index in [0.29, 0.717) is 5.56 Å². The third kappa shape index (κ3) is 5.11. The molecule has 0 aromatic heterocycles. The van der Waals surface area contributed by atoms with Crippen LogP contribution < -0.4 is 9.47 Å². The lowest BCUT2D eigenvalue weighted by atomic mass is 10.2. The van der Waals surface area contributed by atoms with E-state index in [1.807, 2.05) is 0 Å². The maximum absolute atomic E-state index is 13.3. The van der Waals surface area contributed by atoms with Crippen molar-refractivity contribution >= 4 is 44.6 Å². The summed E-state index contributed by atoms with van der Waals surface area (Å²) in [5.41, 5.74) is 0.548. The van der Waals surface area contributed by atoms with Gasteiger partial charge in [0.1, 0.15) is 6.61 Å². The number of ether oxygens (including phenoxy) is 3. The highest BCUT2D eigenvalue weighted by Gasteiger charge is 2.54. The van der Waals surface area contributed by atoms with Gasteiger partial charge in [-0.2, -0.15) is 17.2 Å². The zero-order valence-electron chi connectivity index (χ0n) is 13.4. The molecule has 1 aromatic carbocycles. The lowest BCUT2D eigenvalue weighted by Gasteiger charge is -2.16. The van der Waals surface area contributed by atoms with Crippen molar-refractivity contribution in [2.75, 3.05) is 7.11 Å². The van der Waals surface area contributed by atoms with Crippen LogP contribution >= 0.6 is 22.6 Å². The van der Waals surface area contributed by atoms with Crippen LogP contribution in [0.2, 0.25) is 0 Å². The normalized spacial score (nSPS) is 11.6. The van der Waals surface area contributed by atoms with Gasteiger partial charge >= 0.3 is 27.3 Å². The summed E-state index contributed by atoms with van der Waals surface area (Å²) in [5.74, 6) is -3.84. The Morgan fingerprint density at radius 3 is 2.38 bits per heavy atom. The quantitative estimate of drug-likeness (QED) is 0.197. The molecule has 0 amide bonds.